The Morgan fingerprint density at radius 2 is 2.00 bits per heavy atom. The molecule has 0 aliphatic heterocycles. The maximum absolute atomic E-state index is 5.92. The first-order chi connectivity index (χ1) is 8.81. The van der Waals surface area contributed by atoms with Gasteiger partial charge in [0.25, 0.3) is 0 Å². The van der Waals surface area contributed by atoms with Gasteiger partial charge in [0.2, 0.25) is 0 Å². The average Bonchev–Trinajstić information content (AvgIpc) is 2.42. The van der Waals surface area contributed by atoms with Gasteiger partial charge in [0.05, 0.1) is 0 Å². The number of benzene rings is 1. The average molecular weight is 259 g/mol. The van der Waals surface area contributed by atoms with Crippen molar-refractivity contribution in [3.63, 3.8) is 0 Å². The van der Waals surface area contributed by atoms with Crippen molar-refractivity contribution in [1.29, 1.82) is 0 Å². The quantitative estimate of drug-likeness (QED) is 0.909. The van der Waals surface area contributed by atoms with Gasteiger partial charge in [-0.3, -0.25) is 4.98 Å². The summed E-state index contributed by atoms with van der Waals surface area (Å²) in [5.74, 6) is 0. The summed E-state index contributed by atoms with van der Waals surface area (Å²) in [6.45, 7) is 0.812. The van der Waals surface area contributed by atoms with Gasteiger partial charge in [-0.2, -0.15) is 0 Å². The van der Waals surface area contributed by atoms with E-state index in [9.17, 15) is 0 Å². The summed E-state index contributed by atoms with van der Waals surface area (Å²) in [6.07, 6.45) is 5.80. The van der Waals surface area contributed by atoms with Gasteiger partial charge in [-0.15, -0.1) is 0 Å². The van der Waals surface area contributed by atoms with Gasteiger partial charge in [-0.1, -0.05) is 35.9 Å². The second-order valence-electron chi connectivity index (χ2n) is 3.92. The fraction of sp³-hybridized carbons (Fsp3) is 0.133. The van der Waals surface area contributed by atoms with Crippen molar-refractivity contribution in [3.8, 4) is 0 Å². The lowest BCUT2D eigenvalue weighted by atomic mass is 9.99. The van der Waals surface area contributed by atoms with Crippen molar-refractivity contribution in [3.05, 3.63) is 71.0 Å². The highest BCUT2D eigenvalue weighted by atomic mass is 35.5. The number of likely N-dealkylation sites (N-methyl/N-ethyl adjacent to an activating group) is 1. The Kier molecular flexibility index (Phi) is 4.51. The lowest BCUT2D eigenvalue weighted by molar-refractivity contribution is 0.920. The molecule has 0 saturated heterocycles. The maximum Gasteiger partial charge on any atom is 0.0406 e. The highest BCUT2D eigenvalue weighted by molar-refractivity contribution is 6.30. The summed E-state index contributed by atoms with van der Waals surface area (Å²) in [7, 11) is 1.93. The summed E-state index contributed by atoms with van der Waals surface area (Å²) in [5, 5.41) is 3.87. The molecule has 3 heteroatoms. The van der Waals surface area contributed by atoms with Crippen LogP contribution in [0.5, 0.6) is 0 Å². The van der Waals surface area contributed by atoms with Gasteiger partial charge < -0.3 is 5.32 Å². The number of aromatic nitrogens is 1. The SMILES string of the molecule is CNC/C=C(\c1ccc(Cl)cc1)c1cccnc1. The third kappa shape index (κ3) is 3.19. The van der Waals surface area contributed by atoms with Crippen molar-refractivity contribution in [2.45, 2.75) is 0 Å². The first-order valence-corrected chi connectivity index (χ1v) is 6.20. The molecule has 92 valence electrons. The van der Waals surface area contributed by atoms with Gasteiger partial charge >= 0.3 is 0 Å². The maximum atomic E-state index is 5.92. The zero-order chi connectivity index (χ0) is 12.8. The van der Waals surface area contributed by atoms with Crippen molar-refractivity contribution < 1.29 is 0 Å². The van der Waals surface area contributed by atoms with Gasteiger partial charge in [-0.05, 0) is 36.4 Å². The number of pyridine rings is 1. The van der Waals surface area contributed by atoms with E-state index in [0.29, 0.717) is 0 Å². The zero-order valence-electron chi connectivity index (χ0n) is 10.2. The molecule has 2 aromatic rings. The molecule has 1 heterocycles. The Morgan fingerprint density at radius 3 is 2.61 bits per heavy atom. The second-order valence-corrected chi connectivity index (χ2v) is 4.36. The van der Waals surface area contributed by atoms with Crippen molar-refractivity contribution in [2.24, 2.45) is 0 Å². The molecule has 0 fully saturated rings. The zero-order valence-corrected chi connectivity index (χ0v) is 11.0. The Bertz CT molecular complexity index is 518. The standard InChI is InChI=1S/C15H15ClN2/c1-17-10-8-15(13-3-2-9-18-11-13)12-4-6-14(16)7-5-12/h2-9,11,17H,10H2,1H3/b15-8+. The van der Waals surface area contributed by atoms with E-state index in [2.05, 4.69) is 22.4 Å². The summed E-state index contributed by atoms with van der Waals surface area (Å²) in [5.41, 5.74) is 3.41. The first-order valence-electron chi connectivity index (χ1n) is 5.82. The lowest BCUT2D eigenvalue weighted by Crippen LogP contribution is -2.05. The van der Waals surface area contributed by atoms with Gasteiger partial charge in [0, 0.05) is 29.5 Å². The van der Waals surface area contributed by atoms with E-state index in [1.807, 2.05) is 43.6 Å². The molecular formula is C15H15ClN2. The highest BCUT2D eigenvalue weighted by Crippen LogP contribution is 2.23. The summed E-state index contributed by atoms with van der Waals surface area (Å²) < 4.78 is 0. The van der Waals surface area contributed by atoms with Gasteiger partial charge in [0.1, 0.15) is 0 Å². The minimum absolute atomic E-state index is 0.748. The fourth-order valence-electron chi connectivity index (χ4n) is 1.76. The third-order valence-corrected chi connectivity index (χ3v) is 2.89. The number of nitrogens with zero attached hydrogens (tertiary/aromatic N) is 1. The third-order valence-electron chi connectivity index (χ3n) is 2.64. The molecule has 0 aliphatic rings. The highest BCUT2D eigenvalue weighted by Gasteiger charge is 2.04. The first kappa shape index (κ1) is 12.8. The molecule has 0 saturated carbocycles. The molecule has 2 nitrogen and oxygen atoms in total. The predicted octanol–water partition coefficient (Wildman–Crippen LogP) is 3.39. The van der Waals surface area contributed by atoms with Crippen LogP contribution in [0, 0.1) is 0 Å². The van der Waals surface area contributed by atoms with E-state index in [0.717, 1.165) is 28.3 Å². The minimum Gasteiger partial charge on any atom is -0.316 e. The molecule has 0 atom stereocenters. The van der Waals surface area contributed by atoms with Crippen LogP contribution in [-0.2, 0) is 0 Å². The van der Waals surface area contributed by atoms with Crippen LogP contribution in [0.15, 0.2) is 54.9 Å². The van der Waals surface area contributed by atoms with E-state index in [-0.39, 0.29) is 0 Å². The van der Waals surface area contributed by atoms with Crippen LogP contribution in [0.3, 0.4) is 0 Å². The Balaban J connectivity index is 2.40. The Labute approximate surface area is 112 Å². The van der Waals surface area contributed by atoms with Crippen LogP contribution < -0.4 is 5.32 Å². The van der Waals surface area contributed by atoms with Gasteiger partial charge in [0.15, 0.2) is 0 Å². The van der Waals surface area contributed by atoms with Gasteiger partial charge in [-0.25, -0.2) is 0 Å². The van der Waals surface area contributed by atoms with Crippen LogP contribution in [0.25, 0.3) is 5.57 Å². The molecule has 0 amide bonds. The minimum atomic E-state index is 0.748. The lowest BCUT2D eigenvalue weighted by Gasteiger charge is -2.08. The Morgan fingerprint density at radius 1 is 1.22 bits per heavy atom. The van der Waals surface area contributed by atoms with E-state index in [1.165, 1.54) is 0 Å². The summed E-state index contributed by atoms with van der Waals surface area (Å²) >= 11 is 5.92. The normalized spacial score (nSPS) is 11.6. The van der Waals surface area contributed by atoms with E-state index >= 15 is 0 Å². The molecule has 1 N–H and O–H groups in total. The number of hydrogen-bond acceptors (Lipinski definition) is 2. The summed E-state index contributed by atoms with van der Waals surface area (Å²) in [6, 6.07) is 11.9. The number of hydrogen-bond donors (Lipinski definition) is 1. The molecule has 0 unspecified atom stereocenters. The van der Waals surface area contributed by atoms with E-state index < -0.39 is 0 Å². The monoisotopic (exact) mass is 258 g/mol. The molecule has 1 aromatic carbocycles. The summed E-state index contributed by atoms with van der Waals surface area (Å²) in [4.78, 5) is 4.17. The second kappa shape index (κ2) is 6.34. The molecular weight excluding hydrogens is 244 g/mol. The topological polar surface area (TPSA) is 24.9 Å². The molecule has 0 spiro atoms. The van der Waals surface area contributed by atoms with Crippen LogP contribution in [-0.4, -0.2) is 18.6 Å². The van der Waals surface area contributed by atoms with Crippen LogP contribution in [0.1, 0.15) is 11.1 Å². The molecule has 18 heavy (non-hydrogen) atoms. The smallest absolute Gasteiger partial charge is 0.0406 e. The van der Waals surface area contributed by atoms with Crippen molar-refractivity contribution in [2.75, 3.05) is 13.6 Å². The van der Waals surface area contributed by atoms with E-state index in [4.69, 9.17) is 11.6 Å². The molecule has 0 aliphatic carbocycles. The number of nitrogens with one attached hydrogen (secondary N) is 1. The fourth-order valence-corrected chi connectivity index (χ4v) is 1.88. The molecule has 2 rings (SSSR count). The number of rotatable bonds is 4. The van der Waals surface area contributed by atoms with Crippen molar-refractivity contribution >= 4 is 17.2 Å². The van der Waals surface area contributed by atoms with Crippen LogP contribution >= 0.6 is 11.6 Å². The largest absolute Gasteiger partial charge is 0.316 e. The molecule has 0 bridgehead atoms. The predicted molar refractivity (Wildman–Crippen MR) is 76.7 cm³/mol. The number of halogens is 1. The van der Waals surface area contributed by atoms with E-state index in [1.54, 1.807) is 6.20 Å². The molecule has 1 aromatic heterocycles. The van der Waals surface area contributed by atoms with Crippen LogP contribution in [0.2, 0.25) is 5.02 Å². The van der Waals surface area contributed by atoms with Crippen molar-refractivity contribution in [1.82, 2.24) is 10.3 Å². The van der Waals surface area contributed by atoms with Crippen LogP contribution in [0.4, 0.5) is 0 Å². The molecule has 0 radical (unpaired) electrons. The Hall–Kier alpha value is -1.64.